The summed E-state index contributed by atoms with van der Waals surface area (Å²) in [6, 6.07) is 16.9. The molecule has 0 radical (unpaired) electrons. The van der Waals surface area contributed by atoms with Gasteiger partial charge in [-0.05, 0) is 47.9 Å². The van der Waals surface area contributed by atoms with Crippen LogP contribution < -0.4 is 4.74 Å². The van der Waals surface area contributed by atoms with Crippen molar-refractivity contribution in [1.82, 2.24) is 9.88 Å². The van der Waals surface area contributed by atoms with Crippen LogP contribution >= 0.6 is 0 Å². The third-order valence-corrected chi connectivity index (χ3v) is 5.86. The second kappa shape index (κ2) is 7.63. The summed E-state index contributed by atoms with van der Waals surface area (Å²) in [5, 5.41) is 10.5. The lowest BCUT2D eigenvalue weighted by atomic mass is 9.92. The normalized spacial score (nSPS) is 16.7. The van der Waals surface area contributed by atoms with Crippen LogP contribution in [0.4, 0.5) is 4.39 Å². The molecule has 4 aromatic rings. The van der Waals surface area contributed by atoms with E-state index in [4.69, 9.17) is 9.15 Å². The fraction of sp³-hybridized carbons (Fsp3) is 0.250. The molecule has 0 saturated heterocycles. The number of aromatic nitrogens is 1. The minimum absolute atomic E-state index is 0.0988. The van der Waals surface area contributed by atoms with E-state index in [-0.39, 0.29) is 24.2 Å². The topological polar surface area (TPSA) is 61.6 Å². The zero-order valence-corrected chi connectivity index (χ0v) is 16.7. The van der Waals surface area contributed by atoms with Crippen molar-refractivity contribution in [2.75, 3.05) is 13.7 Å². The Hall–Kier alpha value is -3.09. The van der Waals surface area contributed by atoms with E-state index in [1.807, 2.05) is 18.2 Å². The number of aliphatic hydroxyl groups excluding tert-OH is 1. The number of hydrogen-bond donors (Lipinski definition) is 2. The van der Waals surface area contributed by atoms with Crippen LogP contribution in [-0.2, 0) is 19.6 Å². The molecule has 0 saturated carbocycles. The second-order valence-corrected chi connectivity index (χ2v) is 7.61. The lowest BCUT2D eigenvalue weighted by Crippen LogP contribution is -2.35. The van der Waals surface area contributed by atoms with Crippen molar-refractivity contribution in [1.29, 1.82) is 0 Å². The molecule has 5 nitrogen and oxygen atoms in total. The van der Waals surface area contributed by atoms with Gasteiger partial charge < -0.3 is 19.2 Å². The van der Waals surface area contributed by atoms with Crippen molar-refractivity contribution in [3.63, 3.8) is 0 Å². The number of benzene rings is 2. The second-order valence-electron chi connectivity index (χ2n) is 7.61. The molecular formula is C24H23FN2O3. The summed E-state index contributed by atoms with van der Waals surface area (Å²) in [7, 11) is 1.48. The molecule has 0 spiro atoms. The van der Waals surface area contributed by atoms with E-state index < -0.39 is 0 Å². The van der Waals surface area contributed by atoms with Gasteiger partial charge in [-0.3, -0.25) is 4.90 Å². The summed E-state index contributed by atoms with van der Waals surface area (Å²) in [6.07, 6.45) is 0.905. The standard InChI is InChI=1S/C24H23FN2O3/c1-29-22-12-15(6-9-20(22)25)24-23-19(18-4-2-3-5-21(18)26-23)10-11-27(24)13-16-7-8-17(14-28)30-16/h2-9,12,24,26,28H,10-11,13-14H2,1H3. The molecule has 2 aromatic carbocycles. The molecule has 2 aromatic heterocycles. The summed E-state index contributed by atoms with van der Waals surface area (Å²) in [5.74, 6) is 1.20. The van der Waals surface area contributed by atoms with Crippen LogP contribution in [0.5, 0.6) is 5.75 Å². The van der Waals surface area contributed by atoms with E-state index in [9.17, 15) is 9.50 Å². The Balaban J connectivity index is 1.61. The molecule has 1 aliphatic heterocycles. The van der Waals surface area contributed by atoms with Gasteiger partial charge in [0, 0.05) is 23.1 Å². The number of aliphatic hydroxyl groups is 1. The maximum Gasteiger partial charge on any atom is 0.165 e. The van der Waals surface area contributed by atoms with Gasteiger partial charge in [-0.2, -0.15) is 0 Å². The Morgan fingerprint density at radius 2 is 2.00 bits per heavy atom. The quantitative estimate of drug-likeness (QED) is 0.511. The highest BCUT2D eigenvalue weighted by atomic mass is 19.1. The molecule has 0 amide bonds. The molecule has 5 rings (SSSR count). The van der Waals surface area contributed by atoms with Crippen LogP contribution in [0.3, 0.4) is 0 Å². The van der Waals surface area contributed by atoms with E-state index in [1.54, 1.807) is 12.1 Å². The smallest absolute Gasteiger partial charge is 0.165 e. The van der Waals surface area contributed by atoms with Crippen LogP contribution in [0.15, 0.2) is 59.0 Å². The number of H-pyrrole nitrogens is 1. The zero-order valence-electron chi connectivity index (χ0n) is 16.7. The number of methoxy groups -OCH3 is 1. The van der Waals surface area contributed by atoms with E-state index in [2.05, 4.69) is 28.1 Å². The van der Waals surface area contributed by atoms with Crippen LogP contribution in [-0.4, -0.2) is 28.6 Å². The van der Waals surface area contributed by atoms with Crippen molar-refractivity contribution >= 4 is 10.9 Å². The molecule has 3 heterocycles. The third-order valence-electron chi connectivity index (χ3n) is 5.86. The van der Waals surface area contributed by atoms with E-state index in [0.29, 0.717) is 12.3 Å². The molecule has 1 aliphatic rings. The molecular weight excluding hydrogens is 383 g/mol. The average Bonchev–Trinajstić information content (AvgIpc) is 3.38. The number of rotatable bonds is 5. The highest BCUT2D eigenvalue weighted by Crippen LogP contribution is 2.40. The SMILES string of the molecule is COc1cc(C2c3[nH]c4ccccc4c3CCN2Cc2ccc(CO)o2)ccc1F. The number of para-hydroxylation sites is 1. The van der Waals surface area contributed by atoms with Gasteiger partial charge in [0.25, 0.3) is 0 Å². The molecule has 6 heteroatoms. The van der Waals surface area contributed by atoms with Gasteiger partial charge in [0.05, 0.1) is 19.7 Å². The van der Waals surface area contributed by atoms with Crippen molar-refractivity contribution in [3.8, 4) is 5.75 Å². The van der Waals surface area contributed by atoms with Gasteiger partial charge in [0.1, 0.15) is 18.1 Å². The van der Waals surface area contributed by atoms with Crippen LogP contribution in [0.25, 0.3) is 10.9 Å². The van der Waals surface area contributed by atoms with Gasteiger partial charge in [-0.15, -0.1) is 0 Å². The van der Waals surface area contributed by atoms with E-state index >= 15 is 0 Å². The molecule has 1 atom stereocenters. The molecule has 2 N–H and O–H groups in total. The summed E-state index contributed by atoms with van der Waals surface area (Å²) < 4.78 is 25.1. The Morgan fingerprint density at radius 3 is 2.80 bits per heavy atom. The number of aromatic amines is 1. The van der Waals surface area contributed by atoms with E-state index in [0.717, 1.165) is 35.5 Å². The monoisotopic (exact) mass is 406 g/mol. The van der Waals surface area contributed by atoms with Crippen LogP contribution in [0.2, 0.25) is 0 Å². The first-order valence-electron chi connectivity index (χ1n) is 10.0. The number of fused-ring (bicyclic) bond motifs is 3. The van der Waals surface area contributed by atoms with Crippen molar-refractivity contribution in [2.24, 2.45) is 0 Å². The molecule has 1 unspecified atom stereocenters. The maximum absolute atomic E-state index is 14.1. The fourth-order valence-electron chi connectivity index (χ4n) is 4.48. The zero-order chi connectivity index (χ0) is 20.7. The van der Waals surface area contributed by atoms with Gasteiger partial charge in [0.2, 0.25) is 0 Å². The molecule has 0 bridgehead atoms. The van der Waals surface area contributed by atoms with Crippen molar-refractivity contribution in [3.05, 3.63) is 88.8 Å². The fourth-order valence-corrected chi connectivity index (χ4v) is 4.48. The number of furan rings is 1. The lowest BCUT2D eigenvalue weighted by molar-refractivity contribution is 0.179. The number of ether oxygens (including phenoxy) is 1. The highest BCUT2D eigenvalue weighted by Gasteiger charge is 2.32. The Labute approximate surface area is 173 Å². The summed E-state index contributed by atoms with van der Waals surface area (Å²) in [6.45, 7) is 1.29. The van der Waals surface area contributed by atoms with Crippen molar-refractivity contribution in [2.45, 2.75) is 25.6 Å². The predicted molar refractivity (Wildman–Crippen MR) is 112 cm³/mol. The summed E-state index contributed by atoms with van der Waals surface area (Å²) >= 11 is 0. The molecule has 154 valence electrons. The first kappa shape index (κ1) is 18.9. The summed E-state index contributed by atoms with van der Waals surface area (Å²) in [5.41, 5.74) is 4.47. The third kappa shape index (κ3) is 3.18. The Bertz CT molecular complexity index is 1200. The van der Waals surface area contributed by atoms with E-state index in [1.165, 1.54) is 24.1 Å². The first-order chi connectivity index (χ1) is 14.7. The molecule has 30 heavy (non-hydrogen) atoms. The number of hydrogen-bond acceptors (Lipinski definition) is 4. The van der Waals surface area contributed by atoms with Crippen molar-refractivity contribution < 1.29 is 18.7 Å². The largest absolute Gasteiger partial charge is 0.494 e. The minimum atomic E-state index is -0.376. The van der Waals surface area contributed by atoms with Gasteiger partial charge in [0.15, 0.2) is 11.6 Å². The van der Waals surface area contributed by atoms with Crippen LogP contribution in [0, 0.1) is 5.82 Å². The maximum atomic E-state index is 14.1. The Kier molecular flexibility index (Phi) is 4.81. The summed E-state index contributed by atoms with van der Waals surface area (Å²) in [4.78, 5) is 5.91. The molecule has 0 fully saturated rings. The number of halogens is 1. The lowest BCUT2D eigenvalue weighted by Gasteiger charge is -2.35. The minimum Gasteiger partial charge on any atom is -0.494 e. The first-order valence-corrected chi connectivity index (χ1v) is 10.0. The average molecular weight is 406 g/mol. The number of nitrogens with zero attached hydrogens (tertiary/aromatic N) is 1. The highest BCUT2D eigenvalue weighted by molar-refractivity contribution is 5.85. The van der Waals surface area contributed by atoms with Gasteiger partial charge >= 0.3 is 0 Å². The molecule has 0 aliphatic carbocycles. The Morgan fingerprint density at radius 1 is 1.17 bits per heavy atom. The number of nitrogens with one attached hydrogen (secondary N) is 1. The van der Waals surface area contributed by atoms with Gasteiger partial charge in [-0.25, -0.2) is 4.39 Å². The van der Waals surface area contributed by atoms with Crippen LogP contribution in [0.1, 0.15) is 34.4 Å². The van der Waals surface area contributed by atoms with Gasteiger partial charge in [-0.1, -0.05) is 24.3 Å². The predicted octanol–water partition coefficient (Wildman–Crippen LogP) is 4.55.